The van der Waals surface area contributed by atoms with Crippen LogP contribution in [0.1, 0.15) is 27.0 Å². The summed E-state index contributed by atoms with van der Waals surface area (Å²) in [4.78, 5) is 15.0. The van der Waals surface area contributed by atoms with Gasteiger partial charge in [-0.25, -0.2) is 8.42 Å². The summed E-state index contributed by atoms with van der Waals surface area (Å²) < 4.78 is 27.7. The van der Waals surface area contributed by atoms with Crippen LogP contribution in [0.5, 0.6) is 0 Å². The zero-order chi connectivity index (χ0) is 20.5. The predicted molar refractivity (Wildman–Crippen MR) is 111 cm³/mol. The van der Waals surface area contributed by atoms with E-state index in [-0.39, 0.29) is 10.8 Å². The minimum absolute atomic E-state index is 0.199. The van der Waals surface area contributed by atoms with Crippen molar-refractivity contribution in [3.05, 3.63) is 58.7 Å². The molecule has 0 unspecified atom stereocenters. The number of anilines is 1. The van der Waals surface area contributed by atoms with Crippen LogP contribution in [0.2, 0.25) is 0 Å². The van der Waals surface area contributed by atoms with Crippen LogP contribution in [0, 0.1) is 20.8 Å². The Hall–Kier alpha value is -2.22. The van der Waals surface area contributed by atoms with Gasteiger partial charge < -0.3 is 10.2 Å². The monoisotopic (exact) mass is 401 g/mol. The van der Waals surface area contributed by atoms with Gasteiger partial charge in [-0.3, -0.25) is 4.79 Å². The minimum Gasteiger partial charge on any atom is -0.322 e. The van der Waals surface area contributed by atoms with E-state index in [0.29, 0.717) is 37.3 Å². The average Bonchev–Trinajstić information content (AvgIpc) is 2.64. The molecular formula is C21H27N3O3S. The normalized spacial score (nSPS) is 16.1. The third kappa shape index (κ3) is 4.27. The van der Waals surface area contributed by atoms with Gasteiger partial charge in [0.1, 0.15) is 0 Å². The molecule has 0 saturated carbocycles. The average molecular weight is 402 g/mol. The predicted octanol–water partition coefficient (Wildman–Crippen LogP) is 2.80. The van der Waals surface area contributed by atoms with E-state index in [9.17, 15) is 13.2 Å². The van der Waals surface area contributed by atoms with Gasteiger partial charge in [-0.1, -0.05) is 23.8 Å². The van der Waals surface area contributed by atoms with Gasteiger partial charge in [-0.2, -0.15) is 4.31 Å². The van der Waals surface area contributed by atoms with Crippen molar-refractivity contribution in [2.24, 2.45) is 0 Å². The molecule has 7 heteroatoms. The van der Waals surface area contributed by atoms with Crippen molar-refractivity contribution in [1.82, 2.24) is 9.21 Å². The lowest BCUT2D eigenvalue weighted by Crippen LogP contribution is -2.47. The van der Waals surface area contributed by atoms with Gasteiger partial charge in [0.15, 0.2) is 0 Å². The first-order valence-corrected chi connectivity index (χ1v) is 10.8. The van der Waals surface area contributed by atoms with Gasteiger partial charge in [-0.05, 0) is 57.1 Å². The molecule has 0 aromatic heterocycles. The molecule has 3 rings (SSSR count). The number of sulfonamides is 1. The molecule has 28 heavy (non-hydrogen) atoms. The first-order chi connectivity index (χ1) is 13.2. The summed E-state index contributed by atoms with van der Waals surface area (Å²) in [6, 6.07) is 10.6. The highest BCUT2D eigenvalue weighted by molar-refractivity contribution is 7.89. The lowest BCUT2D eigenvalue weighted by molar-refractivity contribution is 0.102. The molecule has 2 aromatic rings. The second-order valence-corrected chi connectivity index (χ2v) is 9.37. The number of hydrogen-bond acceptors (Lipinski definition) is 4. The number of aryl methyl sites for hydroxylation is 3. The van der Waals surface area contributed by atoms with Crippen LogP contribution in [-0.4, -0.2) is 56.8 Å². The summed E-state index contributed by atoms with van der Waals surface area (Å²) in [5.74, 6) is -0.318. The minimum atomic E-state index is -3.63. The lowest BCUT2D eigenvalue weighted by Gasteiger charge is -2.32. The van der Waals surface area contributed by atoms with E-state index in [1.54, 1.807) is 19.1 Å². The van der Waals surface area contributed by atoms with Gasteiger partial charge in [0.25, 0.3) is 5.91 Å². The number of likely N-dealkylation sites (N-methyl/N-ethyl adjacent to an activating group) is 1. The standard InChI is InChI=1S/C21H27N3O3S/c1-15-5-8-19(17(3)13-15)22-21(25)18-7-6-16(2)20(14-18)28(26,27)24-11-9-23(4)10-12-24/h5-8,13-14H,9-12H2,1-4H3,(H,22,25). The number of hydrogen-bond donors (Lipinski definition) is 1. The molecule has 1 amide bonds. The molecule has 0 bridgehead atoms. The fraction of sp³-hybridized carbons (Fsp3) is 0.381. The van der Waals surface area contributed by atoms with Gasteiger partial charge in [0.2, 0.25) is 10.0 Å². The van der Waals surface area contributed by atoms with Crippen LogP contribution in [0.3, 0.4) is 0 Å². The second kappa shape index (κ2) is 8.03. The Morgan fingerprint density at radius 1 is 0.929 bits per heavy atom. The van der Waals surface area contributed by atoms with E-state index in [1.165, 1.54) is 10.4 Å². The molecule has 1 aliphatic heterocycles. The van der Waals surface area contributed by atoms with E-state index < -0.39 is 10.0 Å². The Bertz CT molecular complexity index is 994. The quantitative estimate of drug-likeness (QED) is 0.855. The molecule has 1 aliphatic rings. The Morgan fingerprint density at radius 2 is 1.61 bits per heavy atom. The Labute approximate surface area is 167 Å². The van der Waals surface area contributed by atoms with Crippen molar-refractivity contribution in [2.45, 2.75) is 25.7 Å². The van der Waals surface area contributed by atoms with Crippen LogP contribution in [0.4, 0.5) is 5.69 Å². The van der Waals surface area contributed by atoms with Crippen LogP contribution in [-0.2, 0) is 10.0 Å². The van der Waals surface area contributed by atoms with Crippen LogP contribution in [0.25, 0.3) is 0 Å². The number of piperazine rings is 1. The smallest absolute Gasteiger partial charge is 0.255 e. The SMILES string of the molecule is Cc1ccc(NC(=O)c2ccc(C)c(S(=O)(=O)N3CCN(C)CC3)c2)c(C)c1. The lowest BCUT2D eigenvalue weighted by atomic mass is 10.1. The van der Waals surface area contributed by atoms with Crippen molar-refractivity contribution in [3.63, 3.8) is 0 Å². The van der Waals surface area contributed by atoms with E-state index in [2.05, 4.69) is 10.2 Å². The van der Waals surface area contributed by atoms with Crippen LogP contribution >= 0.6 is 0 Å². The number of benzene rings is 2. The largest absolute Gasteiger partial charge is 0.322 e. The maximum absolute atomic E-state index is 13.1. The number of amides is 1. The molecule has 2 aromatic carbocycles. The molecule has 0 spiro atoms. The summed E-state index contributed by atoms with van der Waals surface area (Å²) in [5.41, 5.74) is 3.78. The summed E-state index contributed by atoms with van der Waals surface area (Å²) in [6.07, 6.45) is 0. The molecule has 150 valence electrons. The van der Waals surface area contributed by atoms with Crippen molar-refractivity contribution < 1.29 is 13.2 Å². The molecule has 0 atom stereocenters. The van der Waals surface area contributed by atoms with Gasteiger partial charge in [0.05, 0.1) is 4.90 Å². The van der Waals surface area contributed by atoms with Gasteiger partial charge in [0, 0.05) is 37.4 Å². The highest BCUT2D eigenvalue weighted by Gasteiger charge is 2.29. The maximum atomic E-state index is 13.1. The van der Waals surface area contributed by atoms with E-state index in [1.807, 2.05) is 39.1 Å². The van der Waals surface area contributed by atoms with Crippen LogP contribution in [0.15, 0.2) is 41.3 Å². The third-order valence-corrected chi connectivity index (χ3v) is 7.20. The number of nitrogens with zero attached hydrogens (tertiary/aromatic N) is 2. The Balaban J connectivity index is 1.87. The number of rotatable bonds is 4. The summed E-state index contributed by atoms with van der Waals surface area (Å²) in [6.45, 7) is 7.99. The zero-order valence-electron chi connectivity index (χ0n) is 16.8. The molecule has 0 radical (unpaired) electrons. The Morgan fingerprint density at radius 3 is 2.25 bits per heavy atom. The molecule has 0 aliphatic carbocycles. The molecule has 1 heterocycles. The first kappa shape index (κ1) is 20.5. The maximum Gasteiger partial charge on any atom is 0.255 e. The highest BCUT2D eigenvalue weighted by Crippen LogP contribution is 2.24. The van der Waals surface area contributed by atoms with Crippen molar-refractivity contribution in [1.29, 1.82) is 0 Å². The number of nitrogens with one attached hydrogen (secondary N) is 1. The topological polar surface area (TPSA) is 69.7 Å². The zero-order valence-corrected chi connectivity index (χ0v) is 17.6. The fourth-order valence-corrected chi connectivity index (χ4v) is 5.01. The van der Waals surface area contributed by atoms with E-state index in [4.69, 9.17) is 0 Å². The van der Waals surface area contributed by atoms with E-state index in [0.717, 1.165) is 16.8 Å². The Kier molecular flexibility index (Phi) is 5.88. The number of carbonyl (C=O) groups excluding carboxylic acids is 1. The third-order valence-electron chi connectivity index (χ3n) is 5.16. The van der Waals surface area contributed by atoms with E-state index >= 15 is 0 Å². The molecule has 1 saturated heterocycles. The number of carbonyl (C=O) groups is 1. The van der Waals surface area contributed by atoms with Crippen LogP contribution < -0.4 is 5.32 Å². The van der Waals surface area contributed by atoms with Crippen molar-refractivity contribution >= 4 is 21.6 Å². The summed E-state index contributed by atoms with van der Waals surface area (Å²) >= 11 is 0. The molecular weight excluding hydrogens is 374 g/mol. The molecule has 1 N–H and O–H groups in total. The molecule has 1 fully saturated rings. The summed E-state index contributed by atoms with van der Waals surface area (Å²) in [5, 5.41) is 2.88. The van der Waals surface area contributed by atoms with Crippen molar-refractivity contribution in [2.75, 3.05) is 38.5 Å². The summed E-state index contributed by atoms with van der Waals surface area (Å²) in [7, 11) is -1.65. The highest BCUT2D eigenvalue weighted by atomic mass is 32.2. The van der Waals surface area contributed by atoms with Crippen molar-refractivity contribution in [3.8, 4) is 0 Å². The fourth-order valence-electron chi connectivity index (χ4n) is 3.34. The van der Waals surface area contributed by atoms with Gasteiger partial charge >= 0.3 is 0 Å². The second-order valence-electron chi connectivity index (χ2n) is 7.46. The van der Waals surface area contributed by atoms with Gasteiger partial charge in [-0.15, -0.1) is 0 Å². The molecule has 6 nitrogen and oxygen atoms in total. The first-order valence-electron chi connectivity index (χ1n) is 9.36.